The minimum absolute atomic E-state index is 0.00194. The molecule has 1 unspecified atom stereocenters. The average Bonchev–Trinajstić information content (AvgIpc) is 3.42. The Labute approximate surface area is 200 Å². The van der Waals surface area contributed by atoms with Crippen LogP contribution in [0.2, 0.25) is 0 Å². The van der Waals surface area contributed by atoms with Crippen LogP contribution < -0.4 is 5.32 Å². The van der Waals surface area contributed by atoms with Gasteiger partial charge in [0.25, 0.3) is 0 Å². The normalized spacial score (nSPS) is 21.5. The molecule has 0 bridgehead atoms. The number of sulfonamides is 1. The van der Waals surface area contributed by atoms with E-state index in [1.807, 2.05) is 6.92 Å². The monoisotopic (exact) mass is 494 g/mol. The van der Waals surface area contributed by atoms with Gasteiger partial charge in [-0.15, -0.1) is 11.3 Å². The molecule has 3 heterocycles. The maximum absolute atomic E-state index is 13.5. The van der Waals surface area contributed by atoms with Gasteiger partial charge in [0.15, 0.2) is 0 Å². The zero-order valence-electron chi connectivity index (χ0n) is 19.5. The number of carbonyl (C=O) groups excluding carboxylic acids is 1. The van der Waals surface area contributed by atoms with Gasteiger partial charge in [0.05, 0.1) is 15.7 Å². The van der Waals surface area contributed by atoms with E-state index in [-0.39, 0.29) is 29.3 Å². The number of hydrogen-bond acceptors (Lipinski definition) is 7. The molecule has 0 radical (unpaired) electrons. The first-order valence-electron chi connectivity index (χ1n) is 12.1. The number of carbonyl (C=O) groups is 1. The molecule has 1 aliphatic heterocycles. The minimum atomic E-state index is -3.71. The van der Waals surface area contributed by atoms with Crippen molar-refractivity contribution in [3.63, 3.8) is 0 Å². The molecule has 1 atom stereocenters. The molecule has 2 aliphatic rings. The van der Waals surface area contributed by atoms with Crippen molar-refractivity contribution >= 4 is 27.3 Å². The fourth-order valence-corrected chi connectivity index (χ4v) is 7.77. The number of aromatic nitrogens is 2. The molecule has 2 fully saturated rings. The molecule has 1 saturated heterocycles. The van der Waals surface area contributed by atoms with Crippen molar-refractivity contribution < 1.29 is 17.7 Å². The second-order valence-electron chi connectivity index (χ2n) is 9.15. The molecule has 1 amide bonds. The second kappa shape index (κ2) is 10.7. The lowest BCUT2D eigenvalue weighted by Gasteiger charge is -2.32. The quantitative estimate of drug-likeness (QED) is 0.642. The Kier molecular flexibility index (Phi) is 7.86. The van der Waals surface area contributed by atoms with Crippen molar-refractivity contribution in [2.24, 2.45) is 5.92 Å². The van der Waals surface area contributed by atoms with Gasteiger partial charge in [-0.05, 0) is 38.7 Å². The van der Waals surface area contributed by atoms with Gasteiger partial charge in [-0.3, -0.25) is 4.79 Å². The Bertz CT molecular complexity index is 1050. The third-order valence-corrected chi connectivity index (χ3v) is 9.85. The Hall–Kier alpha value is -1.78. The highest BCUT2D eigenvalue weighted by Gasteiger charge is 2.35. The van der Waals surface area contributed by atoms with Crippen LogP contribution in [0.5, 0.6) is 0 Å². The molecule has 2 aromatic rings. The van der Waals surface area contributed by atoms with E-state index in [9.17, 15) is 13.2 Å². The highest BCUT2D eigenvalue weighted by Crippen LogP contribution is 2.35. The van der Waals surface area contributed by atoms with Crippen LogP contribution in [0.15, 0.2) is 15.5 Å². The summed E-state index contributed by atoms with van der Waals surface area (Å²) in [6, 6.07) is 1.85. The van der Waals surface area contributed by atoms with Crippen LogP contribution in [0.1, 0.15) is 75.5 Å². The minimum Gasteiger partial charge on any atom is -0.353 e. The van der Waals surface area contributed by atoms with Gasteiger partial charge in [0.2, 0.25) is 27.6 Å². The second-order valence-corrected chi connectivity index (χ2v) is 12.3. The summed E-state index contributed by atoms with van der Waals surface area (Å²) in [5.41, 5.74) is 0. The molecule has 1 saturated carbocycles. The van der Waals surface area contributed by atoms with E-state index in [2.05, 4.69) is 15.5 Å². The van der Waals surface area contributed by atoms with Crippen LogP contribution in [0, 0.1) is 12.8 Å². The molecule has 4 rings (SSSR count). The van der Waals surface area contributed by atoms with E-state index in [1.165, 1.54) is 34.9 Å². The summed E-state index contributed by atoms with van der Waals surface area (Å²) in [5.74, 6) is 0.634. The molecular weight excluding hydrogens is 460 g/mol. The summed E-state index contributed by atoms with van der Waals surface area (Å²) < 4.78 is 33.6. The van der Waals surface area contributed by atoms with Gasteiger partial charge in [-0.25, -0.2) is 8.42 Å². The number of thiophene rings is 1. The van der Waals surface area contributed by atoms with Crippen LogP contribution in [0.25, 0.3) is 10.7 Å². The van der Waals surface area contributed by atoms with E-state index < -0.39 is 10.0 Å². The molecular formula is C23H34N4O4S2. The molecule has 8 nitrogen and oxygen atoms in total. The Morgan fingerprint density at radius 2 is 1.91 bits per heavy atom. The van der Waals surface area contributed by atoms with Gasteiger partial charge in [-0.1, -0.05) is 44.2 Å². The number of aryl methyl sites for hydroxylation is 2. The highest BCUT2D eigenvalue weighted by molar-refractivity contribution is 7.89. The standard InChI is InChI=1S/C23H34N4O4S2/c1-3-21-25-22(26-31-21)19-14-20(16(2)32-19)33(29,30)27-13-9-10-17(15-27)23(28)24-18-11-7-5-4-6-8-12-18/h14,17-18H,3-13,15H2,1-2H3,(H,24,28). The molecule has 10 heteroatoms. The number of nitrogens with zero attached hydrogens (tertiary/aromatic N) is 3. The van der Waals surface area contributed by atoms with Crippen LogP contribution >= 0.6 is 11.3 Å². The molecule has 182 valence electrons. The van der Waals surface area contributed by atoms with Gasteiger partial charge in [-0.2, -0.15) is 9.29 Å². The zero-order chi connectivity index (χ0) is 23.4. The van der Waals surface area contributed by atoms with E-state index in [0.717, 1.165) is 32.1 Å². The van der Waals surface area contributed by atoms with Crippen LogP contribution in [0.3, 0.4) is 0 Å². The molecule has 1 N–H and O–H groups in total. The van der Waals surface area contributed by atoms with Crippen molar-refractivity contribution in [1.82, 2.24) is 19.8 Å². The van der Waals surface area contributed by atoms with Crippen molar-refractivity contribution in [2.75, 3.05) is 13.1 Å². The smallest absolute Gasteiger partial charge is 0.244 e. The van der Waals surface area contributed by atoms with Crippen LogP contribution in [0.4, 0.5) is 0 Å². The van der Waals surface area contributed by atoms with Crippen molar-refractivity contribution in [3.8, 4) is 10.7 Å². The first-order valence-corrected chi connectivity index (χ1v) is 14.4. The zero-order valence-corrected chi connectivity index (χ0v) is 21.1. The number of amides is 1. The van der Waals surface area contributed by atoms with E-state index in [0.29, 0.717) is 40.9 Å². The van der Waals surface area contributed by atoms with Crippen molar-refractivity contribution in [1.29, 1.82) is 0 Å². The average molecular weight is 495 g/mol. The molecule has 33 heavy (non-hydrogen) atoms. The molecule has 1 aliphatic carbocycles. The molecule has 2 aromatic heterocycles. The lowest BCUT2D eigenvalue weighted by Crippen LogP contribution is -2.47. The summed E-state index contributed by atoms with van der Waals surface area (Å²) in [6.45, 7) is 4.38. The molecule has 0 spiro atoms. The topological polar surface area (TPSA) is 105 Å². The lowest BCUT2D eigenvalue weighted by atomic mass is 9.94. The fraction of sp³-hybridized carbons (Fsp3) is 0.696. The Balaban J connectivity index is 1.45. The largest absolute Gasteiger partial charge is 0.353 e. The highest BCUT2D eigenvalue weighted by atomic mass is 32.2. The van der Waals surface area contributed by atoms with Gasteiger partial charge >= 0.3 is 0 Å². The first-order chi connectivity index (χ1) is 15.9. The van der Waals surface area contributed by atoms with E-state index >= 15 is 0 Å². The van der Waals surface area contributed by atoms with Gasteiger partial charge in [0.1, 0.15) is 0 Å². The Morgan fingerprint density at radius 3 is 2.61 bits per heavy atom. The van der Waals surface area contributed by atoms with E-state index in [4.69, 9.17) is 4.52 Å². The summed E-state index contributed by atoms with van der Waals surface area (Å²) >= 11 is 1.35. The fourth-order valence-electron chi connectivity index (χ4n) is 4.76. The van der Waals surface area contributed by atoms with Crippen LogP contribution in [-0.4, -0.2) is 47.9 Å². The summed E-state index contributed by atoms with van der Waals surface area (Å²) in [6.07, 6.45) is 10.1. The molecule has 0 aromatic carbocycles. The van der Waals surface area contributed by atoms with Crippen LogP contribution in [-0.2, 0) is 21.2 Å². The lowest BCUT2D eigenvalue weighted by molar-refractivity contribution is -0.126. The maximum Gasteiger partial charge on any atom is 0.244 e. The first kappa shape index (κ1) is 24.3. The third-order valence-electron chi connectivity index (χ3n) is 6.69. The third kappa shape index (κ3) is 5.66. The van der Waals surface area contributed by atoms with E-state index in [1.54, 1.807) is 13.0 Å². The number of hydrogen-bond donors (Lipinski definition) is 1. The Morgan fingerprint density at radius 1 is 1.18 bits per heavy atom. The summed E-state index contributed by atoms with van der Waals surface area (Å²) in [5, 5.41) is 7.20. The predicted octanol–water partition coefficient (Wildman–Crippen LogP) is 4.30. The van der Waals surface area contributed by atoms with Gasteiger partial charge in [0, 0.05) is 30.4 Å². The predicted molar refractivity (Wildman–Crippen MR) is 127 cm³/mol. The van der Waals surface area contributed by atoms with Crippen molar-refractivity contribution in [3.05, 3.63) is 16.8 Å². The summed E-state index contributed by atoms with van der Waals surface area (Å²) in [7, 11) is -3.71. The number of piperidine rings is 1. The number of nitrogens with one attached hydrogen (secondary N) is 1. The SMILES string of the molecule is CCc1nc(-c2cc(S(=O)(=O)N3CCCC(C(=O)NC4CCCCCCC4)C3)c(C)s2)no1. The van der Waals surface area contributed by atoms with Crippen molar-refractivity contribution in [2.45, 2.75) is 89.0 Å². The maximum atomic E-state index is 13.5. The summed E-state index contributed by atoms with van der Waals surface area (Å²) in [4.78, 5) is 19.0. The number of rotatable bonds is 6. The van der Waals surface area contributed by atoms with Gasteiger partial charge < -0.3 is 9.84 Å².